The van der Waals surface area contributed by atoms with E-state index in [0.717, 1.165) is 47.7 Å². The largest absolute Gasteiger partial charge is 0.487 e. The third-order valence-electron chi connectivity index (χ3n) is 3.60. The summed E-state index contributed by atoms with van der Waals surface area (Å²) >= 11 is 0. The molecule has 114 valence electrons. The van der Waals surface area contributed by atoms with Gasteiger partial charge in [-0.05, 0) is 31.4 Å². The van der Waals surface area contributed by atoms with Crippen molar-refractivity contribution in [2.45, 2.75) is 53.3 Å². The van der Waals surface area contributed by atoms with Crippen molar-refractivity contribution in [1.82, 2.24) is 15.0 Å². The molecule has 0 spiro atoms. The van der Waals surface area contributed by atoms with Crippen LogP contribution in [0.2, 0.25) is 0 Å². The fourth-order valence-electron chi connectivity index (χ4n) is 2.34. The molecule has 5 heteroatoms. The van der Waals surface area contributed by atoms with Crippen LogP contribution in [-0.4, -0.2) is 15.0 Å². The third kappa shape index (κ3) is 3.61. The van der Waals surface area contributed by atoms with Crippen molar-refractivity contribution in [3.8, 4) is 5.75 Å². The van der Waals surface area contributed by atoms with Crippen molar-refractivity contribution in [3.05, 3.63) is 40.7 Å². The van der Waals surface area contributed by atoms with Gasteiger partial charge < -0.3 is 10.5 Å². The van der Waals surface area contributed by atoms with E-state index in [0.29, 0.717) is 13.2 Å². The van der Waals surface area contributed by atoms with Gasteiger partial charge in [-0.2, -0.15) is 0 Å². The number of ether oxygens (including phenoxy) is 1. The van der Waals surface area contributed by atoms with Crippen LogP contribution in [0.15, 0.2) is 18.2 Å². The molecule has 2 N–H and O–H groups in total. The minimum Gasteiger partial charge on any atom is -0.487 e. The second kappa shape index (κ2) is 7.22. The molecule has 2 rings (SSSR count). The smallest absolute Gasteiger partial charge is 0.132 e. The number of nitrogens with zero attached hydrogens (tertiary/aromatic N) is 3. The monoisotopic (exact) mass is 288 g/mol. The minimum atomic E-state index is 0.386. The van der Waals surface area contributed by atoms with Crippen LogP contribution in [0.5, 0.6) is 5.75 Å². The molecule has 0 fully saturated rings. The molecule has 0 unspecified atom stereocenters. The highest BCUT2D eigenvalue weighted by Crippen LogP contribution is 2.23. The highest BCUT2D eigenvalue weighted by atomic mass is 16.5. The molecule has 0 atom stereocenters. The number of rotatable bonds is 7. The number of para-hydroxylation sites is 1. The van der Waals surface area contributed by atoms with Gasteiger partial charge in [-0.1, -0.05) is 36.8 Å². The first-order chi connectivity index (χ1) is 10.2. The number of aromatic nitrogens is 3. The molecule has 1 aromatic carbocycles. The van der Waals surface area contributed by atoms with Crippen molar-refractivity contribution in [3.63, 3.8) is 0 Å². The summed E-state index contributed by atoms with van der Waals surface area (Å²) in [6, 6.07) is 6.15. The Bertz CT molecular complexity index is 572. The molecule has 21 heavy (non-hydrogen) atoms. The van der Waals surface area contributed by atoms with E-state index < -0.39 is 0 Å². The second-order valence-electron chi connectivity index (χ2n) is 5.27. The maximum absolute atomic E-state index is 6.02. The molecular weight excluding hydrogens is 264 g/mol. The van der Waals surface area contributed by atoms with Crippen molar-refractivity contribution < 1.29 is 4.74 Å². The van der Waals surface area contributed by atoms with Crippen molar-refractivity contribution in [2.24, 2.45) is 5.73 Å². The topological polar surface area (TPSA) is 66.0 Å². The van der Waals surface area contributed by atoms with E-state index >= 15 is 0 Å². The number of benzene rings is 1. The summed E-state index contributed by atoms with van der Waals surface area (Å²) in [4.78, 5) is 0. The van der Waals surface area contributed by atoms with Crippen LogP contribution < -0.4 is 10.5 Å². The molecule has 5 nitrogen and oxygen atoms in total. The SMILES string of the molecule is CCCCn1nnc(CN)c1COc1c(C)cccc1C. The molecule has 0 saturated heterocycles. The third-order valence-corrected chi connectivity index (χ3v) is 3.60. The van der Waals surface area contributed by atoms with E-state index in [-0.39, 0.29) is 0 Å². The average Bonchev–Trinajstić information content (AvgIpc) is 2.86. The number of nitrogens with two attached hydrogens (primary N) is 1. The normalized spacial score (nSPS) is 10.9. The zero-order chi connectivity index (χ0) is 15.2. The summed E-state index contributed by atoms with van der Waals surface area (Å²) < 4.78 is 7.93. The molecule has 0 saturated carbocycles. The Morgan fingerprint density at radius 3 is 2.57 bits per heavy atom. The lowest BCUT2D eigenvalue weighted by Gasteiger charge is -2.13. The van der Waals surface area contributed by atoms with Crippen LogP contribution in [0.1, 0.15) is 42.3 Å². The average molecular weight is 288 g/mol. The highest BCUT2D eigenvalue weighted by Gasteiger charge is 2.13. The maximum Gasteiger partial charge on any atom is 0.132 e. The van der Waals surface area contributed by atoms with Crippen LogP contribution in [0, 0.1) is 13.8 Å². The van der Waals surface area contributed by atoms with Crippen molar-refractivity contribution in [1.29, 1.82) is 0 Å². The lowest BCUT2D eigenvalue weighted by atomic mass is 10.1. The number of unbranched alkanes of at least 4 members (excludes halogenated alkanes) is 1. The van der Waals surface area contributed by atoms with Crippen LogP contribution in [0.25, 0.3) is 0 Å². The fraction of sp³-hybridized carbons (Fsp3) is 0.500. The standard InChI is InChI=1S/C16H24N4O/c1-4-5-9-20-15(14(10-17)18-19-20)11-21-16-12(2)7-6-8-13(16)3/h6-8H,4-5,9-11,17H2,1-3H3. The highest BCUT2D eigenvalue weighted by molar-refractivity contribution is 5.39. The van der Waals surface area contributed by atoms with E-state index in [9.17, 15) is 0 Å². The van der Waals surface area contributed by atoms with Gasteiger partial charge in [0.1, 0.15) is 23.7 Å². The van der Waals surface area contributed by atoms with E-state index in [4.69, 9.17) is 10.5 Å². The molecular formula is C16H24N4O. The summed E-state index contributed by atoms with van der Waals surface area (Å²) in [5.74, 6) is 0.934. The van der Waals surface area contributed by atoms with E-state index in [1.807, 2.05) is 10.7 Å². The number of hydrogen-bond acceptors (Lipinski definition) is 4. The Kier molecular flexibility index (Phi) is 5.33. The first kappa shape index (κ1) is 15.5. The van der Waals surface area contributed by atoms with Gasteiger partial charge in [-0.25, -0.2) is 4.68 Å². The summed E-state index contributed by atoms with van der Waals surface area (Å²) in [7, 11) is 0. The van der Waals surface area contributed by atoms with Gasteiger partial charge in [0.15, 0.2) is 0 Å². The van der Waals surface area contributed by atoms with Crippen LogP contribution in [0.4, 0.5) is 0 Å². The number of hydrogen-bond donors (Lipinski definition) is 1. The first-order valence-corrected chi connectivity index (χ1v) is 7.47. The van der Waals surface area contributed by atoms with Gasteiger partial charge in [0.2, 0.25) is 0 Å². The Morgan fingerprint density at radius 2 is 1.95 bits per heavy atom. The zero-order valence-electron chi connectivity index (χ0n) is 13.1. The Balaban J connectivity index is 2.17. The lowest BCUT2D eigenvalue weighted by Crippen LogP contribution is -2.11. The molecule has 0 amide bonds. The maximum atomic E-state index is 6.02. The van der Waals surface area contributed by atoms with Gasteiger partial charge in [0.05, 0.1) is 0 Å². The zero-order valence-corrected chi connectivity index (χ0v) is 13.1. The predicted molar refractivity (Wildman–Crippen MR) is 83.1 cm³/mol. The van der Waals surface area contributed by atoms with E-state index in [1.165, 1.54) is 0 Å². The minimum absolute atomic E-state index is 0.386. The molecule has 0 aliphatic heterocycles. The molecule has 0 radical (unpaired) electrons. The summed E-state index contributed by atoms with van der Waals surface area (Å²) in [5, 5.41) is 8.34. The van der Waals surface area contributed by atoms with Gasteiger partial charge in [0, 0.05) is 13.1 Å². The van der Waals surface area contributed by atoms with Gasteiger partial charge in [-0.15, -0.1) is 5.10 Å². The molecule has 0 aliphatic rings. The second-order valence-corrected chi connectivity index (χ2v) is 5.27. The van der Waals surface area contributed by atoms with Crippen LogP contribution in [-0.2, 0) is 19.7 Å². The predicted octanol–water partition coefficient (Wildman–Crippen LogP) is 2.73. The van der Waals surface area contributed by atoms with E-state index in [2.05, 4.69) is 43.2 Å². The van der Waals surface area contributed by atoms with Crippen molar-refractivity contribution in [2.75, 3.05) is 0 Å². The lowest BCUT2D eigenvalue weighted by molar-refractivity contribution is 0.286. The first-order valence-electron chi connectivity index (χ1n) is 7.47. The molecule has 0 bridgehead atoms. The quantitative estimate of drug-likeness (QED) is 0.850. The van der Waals surface area contributed by atoms with Gasteiger partial charge in [-0.3, -0.25) is 0 Å². The summed E-state index contributed by atoms with van der Waals surface area (Å²) in [6.45, 7) is 7.96. The molecule has 2 aromatic rings. The molecule has 0 aliphatic carbocycles. The number of aryl methyl sites for hydroxylation is 3. The van der Waals surface area contributed by atoms with Gasteiger partial charge >= 0.3 is 0 Å². The van der Waals surface area contributed by atoms with Crippen LogP contribution in [0.3, 0.4) is 0 Å². The van der Waals surface area contributed by atoms with Crippen LogP contribution >= 0.6 is 0 Å². The summed E-state index contributed by atoms with van der Waals surface area (Å²) in [5.41, 5.74) is 9.82. The summed E-state index contributed by atoms with van der Waals surface area (Å²) in [6.07, 6.45) is 2.19. The van der Waals surface area contributed by atoms with Gasteiger partial charge in [0.25, 0.3) is 0 Å². The molecule has 1 heterocycles. The molecule has 1 aromatic heterocycles. The van der Waals surface area contributed by atoms with E-state index in [1.54, 1.807) is 0 Å². The Morgan fingerprint density at radius 1 is 1.24 bits per heavy atom. The van der Waals surface area contributed by atoms with Crippen molar-refractivity contribution >= 4 is 0 Å². The Hall–Kier alpha value is -1.88. The fourth-order valence-corrected chi connectivity index (χ4v) is 2.34. The Labute approximate surface area is 126 Å².